The van der Waals surface area contributed by atoms with Crippen molar-refractivity contribution < 1.29 is 4.79 Å². The fourth-order valence-electron chi connectivity index (χ4n) is 1.24. The standard InChI is InChI=1S/C12H20N4OS/c1-11(8-15)9-18-10-12(17)16(6-2-4-13)7-3-5-14/h11H,2-3,6-10,15H2,1H3. The number of carbonyl (C=O) groups excluding carboxylic acids is 1. The molecule has 0 rings (SSSR count). The smallest absolute Gasteiger partial charge is 0.232 e. The molecule has 1 amide bonds. The summed E-state index contributed by atoms with van der Waals surface area (Å²) in [7, 11) is 0. The SMILES string of the molecule is CC(CN)CSCC(=O)N(CCC#N)CCC#N. The zero-order valence-corrected chi connectivity index (χ0v) is 11.6. The third-order valence-corrected chi connectivity index (χ3v) is 3.63. The van der Waals surface area contributed by atoms with Crippen LogP contribution in [0, 0.1) is 28.6 Å². The van der Waals surface area contributed by atoms with Crippen LogP contribution in [0.1, 0.15) is 19.8 Å². The summed E-state index contributed by atoms with van der Waals surface area (Å²) in [4.78, 5) is 13.5. The molecule has 0 aromatic heterocycles. The Balaban J connectivity index is 4.04. The lowest BCUT2D eigenvalue weighted by Crippen LogP contribution is -2.34. The highest BCUT2D eigenvalue weighted by molar-refractivity contribution is 7.99. The molecule has 6 heteroatoms. The van der Waals surface area contributed by atoms with Crippen molar-refractivity contribution in [1.82, 2.24) is 4.90 Å². The Labute approximate surface area is 113 Å². The van der Waals surface area contributed by atoms with Gasteiger partial charge in [0.15, 0.2) is 0 Å². The van der Waals surface area contributed by atoms with Crippen LogP contribution in [0.25, 0.3) is 0 Å². The number of nitriles is 2. The molecule has 0 aliphatic rings. The number of nitrogens with zero attached hydrogens (tertiary/aromatic N) is 3. The Morgan fingerprint density at radius 1 is 1.33 bits per heavy atom. The van der Waals surface area contributed by atoms with Crippen LogP contribution in [0.15, 0.2) is 0 Å². The summed E-state index contributed by atoms with van der Waals surface area (Å²) in [5.41, 5.74) is 5.50. The number of rotatable bonds is 9. The first-order valence-corrected chi connectivity index (χ1v) is 7.10. The van der Waals surface area contributed by atoms with Crippen LogP contribution < -0.4 is 5.73 Å². The Hall–Kier alpha value is -1.24. The van der Waals surface area contributed by atoms with E-state index in [0.717, 1.165) is 5.75 Å². The topological polar surface area (TPSA) is 93.9 Å². The van der Waals surface area contributed by atoms with Gasteiger partial charge < -0.3 is 10.6 Å². The maximum atomic E-state index is 11.9. The normalized spacial score (nSPS) is 11.3. The molecule has 0 aromatic rings. The highest BCUT2D eigenvalue weighted by atomic mass is 32.2. The summed E-state index contributed by atoms with van der Waals surface area (Å²) in [6.07, 6.45) is 0.613. The van der Waals surface area contributed by atoms with Crippen molar-refractivity contribution in [3.8, 4) is 12.1 Å². The van der Waals surface area contributed by atoms with Crippen LogP contribution in [0.5, 0.6) is 0 Å². The second-order valence-electron chi connectivity index (χ2n) is 4.05. The van der Waals surface area contributed by atoms with Crippen molar-refractivity contribution in [2.24, 2.45) is 11.7 Å². The average Bonchev–Trinajstić information content (AvgIpc) is 2.38. The number of carbonyl (C=O) groups is 1. The first-order chi connectivity index (χ1) is 8.65. The van der Waals surface area contributed by atoms with Gasteiger partial charge >= 0.3 is 0 Å². The van der Waals surface area contributed by atoms with Gasteiger partial charge in [-0.1, -0.05) is 6.92 Å². The monoisotopic (exact) mass is 268 g/mol. The van der Waals surface area contributed by atoms with E-state index in [4.69, 9.17) is 16.3 Å². The minimum absolute atomic E-state index is 0.00489. The van der Waals surface area contributed by atoms with Gasteiger partial charge in [0.25, 0.3) is 0 Å². The molecule has 0 aromatic carbocycles. The number of amides is 1. The fourth-order valence-corrected chi connectivity index (χ4v) is 2.25. The lowest BCUT2D eigenvalue weighted by molar-refractivity contribution is -0.128. The Morgan fingerprint density at radius 2 is 1.89 bits per heavy atom. The van der Waals surface area contributed by atoms with Gasteiger partial charge in [-0.3, -0.25) is 4.79 Å². The molecule has 0 saturated carbocycles. The van der Waals surface area contributed by atoms with Crippen molar-refractivity contribution >= 4 is 17.7 Å². The number of hydrogen-bond donors (Lipinski definition) is 1. The molecule has 100 valence electrons. The molecular formula is C12H20N4OS. The van der Waals surface area contributed by atoms with Gasteiger partial charge in [-0.25, -0.2) is 0 Å². The van der Waals surface area contributed by atoms with Gasteiger partial charge in [-0.15, -0.1) is 0 Å². The summed E-state index contributed by atoms with van der Waals surface area (Å²) >= 11 is 1.55. The maximum absolute atomic E-state index is 11.9. The van der Waals surface area contributed by atoms with Crippen molar-refractivity contribution in [3.63, 3.8) is 0 Å². The van der Waals surface area contributed by atoms with Gasteiger partial charge in [-0.05, 0) is 18.2 Å². The summed E-state index contributed by atoms with van der Waals surface area (Å²) in [5, 5.41) is 17.1. The zero-order chi connectivity index (χ0) is 13.8. The molecular weight excluding hydrogens is 248 g/mol. The largest absolute Gasteiger partial charge is 0.340 e. The van der Waals surface area contributed by atoms with Gasteiger partial charge in [-0.2, -0.15) is 22.3 Å². The Kier molecular flexibility index (Phi) is 10.1. The first-order valence-electron chi connectivity index (χ1n) is 5.95. The average molecular weight is 268 g/mol. The van der Waals surface area contributed by atoms with Crippen LogP contribution in [0.3, 0.4) is 0 Å². The molecule has 5 nitrogen and oxygen atoms in total. The molecule has 2 N–H and O–H groups in total. The zero-order valence-electron chi connectivity index (χ0n) is 10.8. The van der Waals surface area contributed by atoms with Gasteiger partial charge in [0.2, 0.25) is 5.91 Å². The predicted molar refractivity (Wildman–Crippen MR) is 72.6 cm³/mol. The number of hydrogen-bond acceptors (Lipinski definition) is 5. The predicted octanol–water partition coefficient (Wildman–Crippen LogP) is 0.970. The van der Waals surface area contributed by atoms with Crippen LogP contribution in [0.2, 0.25) is 0 Å². The molecule has 1 unspecified atom stereocenters. The third kappa shape index (κ3) is 7.94. The summed E-state index contributed by atoms with van der Waals surface area (Å²) in [5.74, 6) is 1.64. The molecule has 0 radical (unpaired) electrons. The molecule has 0 heterocycles. The molecule has 0 bridgehead atoms. The lowest BCUT2D eigenvalue weighted by Gasteiger charge is -2.20. The first kappa shape index (κ1) is 16.8. The van der Waals surface area contributed by atoms with E-state index in [0.29, 0.717) is 44.1 Å². The highest BCUT2D eigenvalue weighted by Crippen LogP contribution is 2.09. The molecule has 0 aliphatic heterocycles. The van der Waals surface area contributed by atoms with E-state index >= 15 is 0 Å². The minimum Gasteiger partial charge on any atom is -0.340 e. The third-order valence-electron chi connectivity index (χ3n) is 2.37. The second-order valence-corrected chi connectivity index (χ2v) is 5.08. The Bertz CT molecular complexity index is 303. The molecule has 18 heavy (non-hydrogen) atoms. The second kappa shape index (κ2) is 10.9. The van der Waals surface area contributed by atoms with E-state index in [2.05, 4.69) is 0 Å². The van der Waals surface area contributed by atoms with E-state index < -0.39 is 0 Å². The fraction of sp³-hybridized carbons (Fsp3) is 0.750. The number of thioether (sulfide) groups is 1. The summed E-state index contributed by atoms with van der Waals surface area (Å²) in [6.45, 7) is 3.47. The van der Waals surface area contributed by atoms with Crippen molar-refractivity contribution in [3.05, 3.63) is 0 Å². The van der Waals surface area contributed by atoms with E-state index in [1.165, 1.54) is 0 Å². The van der Waals surface area contributed by atoms with Gasteiger partial charge in [0, 0.05) is 13.1 Å². The quantitative estimate of drug-likeness (QED) is 0.672. The molecule has 0 aliphatic carbocycles. The van der Waals surface area contributed by atoms with E-state index in [1.807, 2.05) is 19.1 Å². The molecule has 1 atom stereocenters. The minimum atomic E-state index is -0.00489. The molecule has 0 saturated heterocycles. The molecule has 0 spiro atoms. The van der Waals surface area contributed by atoms with E-state index in [-0.39, 0.29) is 5.91 Å². The van der Waals surface area contributed by atoms with Gasteiger partial charge in [0.1, 0.15) is 0 Å². The summed E-state index contributed by atoms with van der Waals surface area (Å²) < 4.78 is 0. The van der Waals surface area contributed by atoms with Crippen molar-refractivity contribution in [1.29, 1.82) is 10.5 Å². The Morgan fingerprint density at radius 3 is 2.33 bits per heavy atom. The van der Waals surface area contributed by atoms with Crippen molar-refractivity contribution in [2.45, 2.75) is 19.8 Å². The highest BCUT2D eigenvalue weighted by Gasteiger charge is 2.13. The van der Waals surface area contributed by atoms with Crippen LogP contribution in [-0.2, 0) is 4.79 Å². The lowest BCUT2D eigenvalue weighted by atomic mass is 10.2. The van der Waals surface area contributed by atoms with Crippen LogP contribution >= 0.6 is 11.8 Å². The van der Waals surface area contributed by atoms with Gasteiger partial charge in [0.05, 0.1) is 30.7 Å². The van der Waals surface area contributed by atoms with Crippen LogP contribution in [-0.4, -0.2) is 41.9 Å². The molecule has 0 fully saturated rings. The number of nitrogens with two attached hydrogens (primary N) is 1. The van der Waals surface area contributed by atoms with E-state index in [9.17, 15) is 4.79 Å². The maximum Gasteiger partial charge on any atom is 0.232 e. The van der Waals surface area contributed by atoms with Crippen LogP contribution in [0.4, 0.5) is 0 Å². The van der Waals surface area contributed by atoms with E-state index in [1.54, 1.807) is 16.7 Å². The summed E-state index contributed by atoms with van der Waals surface area (Å²) in [6, 6.07) is 4.03. The van der Waals surface area contributed by atoms with Crippen molar-refractivity contribution in [2.75, 3.05) is 31.1 Å².